The molecule has 1 atom stereocenters. The van der Waals surface area contributed by atoms with Crippen molar-refractivity contribution in [3.8, 4) is 0 Å². The van der Waals surface area contributed by atoms with Crippen LogP contribution in [0.1, 0.15) is 52.4 Å². The van der Waals surface area contributed by atoms with E-state index in [4.69, 9.17) is 24.1 Å². The molecule has 226 valence electrons. The molecule has 0 radical (unpaired) electrons. The third kappa shape index (κ3) is 24.0. The second-order valence-corrected chi connectivity index (χ2v) is 8.44. The Hall–Kier alpha value is -2.81. The first-order valence-corrected chi connectivity index (χ1v) is 13.4. The van der Waals surface area contributed by atoms with Crippen molar-refractivity contribution in [2.24, 2.45) is 0 Å². The molecule has 0 aromatic heterocycles. The molecule has 14 heteroatoms. The molecule has 0 fully saturated rings. The van der Waals surface area contributed by atoms with Crippen LogP contribution in [0.5, 0.6) is 0 Å². The number of nitrogens with one attached hydrogen (secondary N) is 4. The molecule has 4 amide bonds. The Morgan fingerprint density at radius 2 is 1.15 bits per heavy atom. The molecule has 0 spiro atoms. The highest BCUT2D eigenvalue weighted by molar-refractivity contribution is 5.84. The van der Waals surface area contributed by atoms with E-state index in [2.05, 4.69) is 28.2 Å². The molecule has 0 saturated heterocycles. The van der Waals surface area contributed by atoms with Crippen LogP contribution < -0.4 is 21.3 Å². The lowest BCUT2D eigenvalue weighted by atomic mass is 10.1. The van der Waals surface area contributed by atoms with Gasteiger partial charge in [-0.3, -0.25) is 19.2 Å². The van der Waals surface area contributed by atoms with Gasteiger partial charge < -0.3 is 45.3 Å². The van der Waals surface area contributed by atoms with Crippen LogP contribution in [-0.4, -0.2) is 113 Å². The monoisotopic (exact) mass is 562 g/mol. The Balaban J connectivity index is 3.52. The van der Waals surface area contributed by atoms with Crippen LogP contribution in [0.4, 0.5) is 0 Å². The number of carboxylic acid groups (broad SMARTS) is 1. The quantitative estimate of drug-likeness (QED) is 0.0847. The topological polar surface area (TPSA) is 191 Å². The maximum absolute atomic E-state index is 11.8. The molecule has 5 N–H and O–H groups in total. The number of amides is 4. The van der Waals surface area contributed by atoms with E-state index in [9.17, 15) is 24.0 Å². The zero-order chi connectivity index (χ0) is 29.1. The summed E-state index contributed by atoms with van der Waals surface area (Å²) in [6.07, 6.45) is 3.25. The Bertz CT molecular complexity index is 708. The average molecular weight is 563 g/mol. The highest BCUT2D eigenvalue weighted by Crippen LogP contribution is 1.99. The summed E-state index contributed by atoms with van der Waals surface area (Å²) >= 11 is 0. The van der Waals surface area contributed by atoms with Crippen molar-refractivity contribution in [3.63, 3.8) is 0 Å². The second-order valence-electron chi connectivity index (χ2n) is 8.44. The molecule has 0 aliphatic heterocycles. The molecule has 0 heterocycles. The SMILES string of the molecule is CCCCCNC(=O)COCCOCCNC(=O)COCCOCCNC(=O)CCC(NC(=O)CC)C(=O)O. The Kier molecular flexibility index (Phi) is 23.6. The van der Waals surface area contributed by atoms with Crippen molar-refractivity contribution in [2.75, 3.05) is 72.5 Å². The first-order chi connectivity index (χ1) is 18.8. The normalized spacial score (nSPS) is 11.4. The summed E-state index contributed by atoms with van der Waals surface area (Å²) in [5, 5.41) is 19.5. The minimum atomic E-state index is -1.19. The van der Waals surface area contributed by atoms with Crippen molar-refractivity contribution in [3.05, 3.63) is 0 Å². The summed E-state index contributed by atoms with van der Waals surface area (Å²) in [4.78, 5) is 57.5. The molecule has 0 aliphatic rings. The van der Waals surface area contributed by atoms with Crippen LogP contribution in [0.15, 0.2) is 0 Å². The minimum absolute atomic E-state index is 0.00193. The van der Waals surface area contributed by atoms with Gasteiger partial charge >= 0.3 is 5.97 Å². The smallest absolute Gasteiger partial charge is 0.326 e. The number of unbranched alkanes of at least 4 members (excludes halogenated alkanes) is 2. The third-order valence-electron chi connectivity index (χ3n) is 5.06. The Morgan fingerprint density at radius 1 is 0.641 bits per heavy atom. The first kappa shape index (κ1) is 36.2. The Labute approximate surface area is 230 Å². The fourth-order valence-corrected chi connectivity index (χ4v) is 2.92. The zero-order valence-electron chi connectivity index (χ0n) is 23.2. The number of hydrogen-bond donors (Lipinski definition) is 5. The van der Waals surface area contributed by atoms with Gasteiger partial charge in [0.25, 0.3) is 0 Å². The van der Waals surface area contributed by atoms with Crippen molar-refractivity contribution in [1.82, 2.24) is 21.3 Å². The Morgan fingerprint density at radius 3 is 1.67 bits per heavy atom. The predicted octanol–water partition coefficient (Wildman–Crippen LogP) is -0.649. The van der Waals surface area contributed by atoms with Gasteiger partial charge in [0.2, 0.25) is 23.6 Å². The molecule has 39 heavy (non-hydrogen) atoms. The number of carbonyl (C=O) groups is 5. The van der Waals surface area contributed by atoms with Gasteiger partial charge in [-0.15, -0.1) is 0 Å². The van der Waals surface area contributed by atoms with Crippen molar-refractivity contribution in [2.45, 2.75) is 58.4 Å². The fourth-order valence-electron chi connectivity index (χ4n) is 2.92. The summed E-state index contributed by atoms with van der Waals surface area (Å²) in [5.41, 5.74) is 0. The molecule has 1 unspecified atom stereocenters. The number of rotatable bonds is 26. The third-order valence-corrected chi connectivity index (χ3v) is 5.06. The van der Waals surface area contributed by atoms with E-state index in [1.54, 1.807) is 6.92 Å². The minimum Gasteiger partial charge on any atom is -0.480 e. The molecule has 0 aliphatic carbocycles. The predicted molar refractivity (Wildman–Crippen MR) is 141 cm³/mol. The lowest BCUT2D eigenvalue weighted by Crippen LogP contribution is -2.41. The molecule has 14 nitrogen and oxygen atoms in total. The van der Waals surface area contributed by atoms with Crippen molar-refractivity contribution in [1.29, 1.82) is 0 Å². The van der Waals surface area contributed by atoms with Crippen LogP contribution in [0, 0.1) is 0 Å². The molecule has 0 bridgehead atoms. The molecule has 0 rings (SSSR count). The number of aliphatic carboxylic acids is 1. The van der Waals surface area contributed by atoms with E-state index in [0.29, 0.717) is 26.3 Å². The second kappa shape index (κ2) is 25.5. The van der Waals surface area contributed by atoms with Gasteiger partial charge in [0.15, 0.2) is 0 Å². The molecular weight excluding hydrogens is 516 g/mol. The summed E-state index contributed by atoms with van der Waals surface area (Å²) in [6, 6.07) is -1.11. The van der Waals surface area contributed by atoms with Gasteiger partial charge in [-0.25, -0.2) is 4.79 Å². The standard InChI is InChI=1S/C25H46N4O10/c1-3-5-6-9-26-23(32)18-38-16-15-37-13-11-28-24(33)19-39-17-14-36-12-10-27-22(31)8-7-20(25(34)35)29-21(30)4-2/h20H,3-19H2,1-2H3,(H,26,32)(H,27,31)(H,28,33)(H,29,30)(H,34,35). The van der Waals surface area contributed by atoms with Gasteiger partial charge in [-0.1, -0.05) is 26.7 Å². The molecule has 0 aromatic rings. The van der Waals surface area contributed by atoms with E-state index in [0.717, 1.165) is 19.3 Å². The van der Waals surface area contributed by atoms with E-state index < -0.39 is 17.9 Å². The van der Waals surface area contributed by atoms with Gasteiger partial charge in [0.05, 0.1) is 39.6 Å². The number of carboxylic acids is 1. The van der Waals surface area contributed by atoms with E-state index in [1.807, 2.05) is 0 Å². The van der Waals surface area contributed by atoms with E-state index in [1.165, 1.54) is 0 Å². The zero-order valence-corrected chi connectivity index (χ0v) is 23.2. The molecule has 0 aromatic carbocycles. The lowest BCUT2D eigenvalue weighted by Gasteiger charge is -2.13. The van der Waals surface area contributed by atoms with E-state index in [-0.39, 0.29) is 83.2 Å². The maximum atomic E-state index is 11.8. The maximum Gasteiger partial charge on any atom is 0.326 e. The van der Waals surface area contributed by atoms with Crippen LogP contribution in [0.3, 0.4) is 0 Å². The summed E-state index contributed by atoms with van der Waals surface area (Å²) in [5.74, 6) is -2.36. The highest BCUT2D eigenvalue weighted by Gasteiger charge is 2.20. The van der Waals surface area contributed by atoms with Crippen molar-refractivity contribution < 1.29 is 48.0 Å². The van der Waals surface area contributed by atoms with E-state index >= 15 is 0 Å². The van der Waals surface area contributed by atoms with Crippen LogP contribution >= 0.6 is 0 Å². The average Bonchev–Trinajstić information content (AvgIpc) is 2.91. The molecular formula is C25H46N4O10. The van der Waals surface area contributed by atoms with Gasteiger partial charge in [-0.2, -0.15) is 0 Å². The van der Waals surface area contributed by atoms with Gasteiger partial charge in [0.1, 0.15) is 19.3 Å². The largest absolute Gasteiger partial charge is 0.480 e. The van der Waals surface area contributed by atoms with Crippen LogP contribution in [0.25, 0.3) is 0 Å². The fraction of sp³-hybridized carbons (Fsp3) is 0.800. The van der Waals surface area contributed by atoms with Gasteiger partial charge in [0, 0.05) is 32.5 Å². The summed E-state index contributed by atoms with van der Waals surface area (Å²) < 4.78 is 21.1. The summed E-state index contributed by atoms with van der Waals surface area (Å²) in [6.45, 7) is 6.33. The van der Waals surface area contributed by atoms with Crippen molar-refractivity contribution >= 4 is 29.6 Å². The first-order valence-electron chi connectivity index (χ1n) is 13.4. The molecule has 0 saturated carbocycles. The van der Waals surface area contributed by atoms with Crippen LogP contribution in [0.2, 0.25) is 0 Å². The number of hydrogen-bond acceptors (Lipinski definition) is 9. The number of ether oxygens (including phenoxy) is 4. The highest BCUT2D eigenvalue weighted by atomic mass is 16.5. The summed E-state index contributed by atoms with van der Waals surface area (Å²) in [7, 11) is 0. The van der Waals surface area contributed by atoms with Crippen LogP contribution in [-0.2, 0) is 42.9 Å². The number of carbonyl (C=O) groups excluding carboxylic acids is 4. The lowest BCUT2D eigenvalue weighted by molar-refractivity contribution is -0.142. The van der Waals surface area contributed by atoms with Gasteiger partial charge in [-0.05, 0) is 12.8 Å².